The van der Waals surface area contributed by atoms with Crippen LogP contribution in [0.25, 0.3) is 0 Å². The number of aromatic nitrogens is 3. The van der Waals surface area contributed by atoms with Gasteiger partial charge in [0.2, 0.25) is 5.82 Å². The second-order valence-corrected chi connectivity index (χ2v) is 6.35. The van der Waals surface area contributed by atoms with Crippen LogP contribution in [0, 0.1) is 0 Å². The summed E-state index contributed by atoms with van der Waals surface area (Å²) >= 11 is 0. The Balaban J connectivity index is 2.81. The van der Waals surface area contributed by atoms with E-state index in [-0.39, 0.29) is 17.1 Å². The third kappa shape index (κ3) is 4.59. The lowest BCUT2D eigenvalue weighted by Crippen LogP contribution is -2.37. The van der Waals surface area contributed by atoms with Crippen LogP contribution in [0.3, 0.4) is 0 Å². The van der Waals surface area contributed by atoms with Gasteiger partial charge in [0.25, 0.3) is 5.91 Å². The minimum Gasteiger partial charge on any atom is -0.335 e. The number of H-pyrrole nitrogens is 1. The Kier molecular flexibility index (Phi) is 5.68. The maximum Gasteiger partial charge on any atom is 0.293 e. The summed E-state index contributed by atoms with van der Waals surface area (Å²) in [7, 11) is 4.00. The summed E-state index contributed by atoms with van der Waals surface area (Å²) in [6.45, 7) is 10.4. The lowest BCUT2D eigenvalue weighted by Gasteiger charge is -2.22. The zero-order valence-corrected chi connectivity index (χ0v) is 13.5. The predicted molar refractivity (Wildman–Crippen MR) is 79.8 cm³/mol. The summed E-state index contributed by atoms with van der Waals surface area (Å²) < 4.78 is 0. The van der Waals surface area contributed by atoms with Gasteiger partial charge in [-0.1, -0.05) is 27.7 Å². The molecule has 0 fully saturated rings. The summed E-state index contributed by atoms with van der Waals surface area (Å²) in [5.74, 6) is 0.910. The zero-order chi connectivity index (χ0) is 15.3. The van der Waals surface area contributed by atoms with Crippen LogP contribution in [0.2, 0.25) is 0 Å². The number of hydrogen-bond acceptors (Lipinski definition) is 4. The average Bonchev–Trinajstić information content (AvgIpc) is 2.82. The normalized spacial score (nSPS) is 11.9. The van der Waals surface area contributed by atoms with Gasteiger partial charge in [0.05, 0.1) is 0 Å². The molecule has 0 unspecified atom stereocenters. The first-order chi connectivity index (χ1) is 9.25. The first-order valence-electron chi connectivity index (χ1n) is 7.12. The maximum absolute atomic E-state index is 12.5. The van der Waals surface area contributed by atoms with Crippen LogP contribution >= 0.6 is 0 Å². The Morgan fingerprint density at radius 2 is 1.85 bits per heavy atom. The Morgan fingerprint density at radius 3 is 2.30 bits per heavy atom. The standard InChI is InChI=1S/C14H27N5O/c1-7-8-19(10-9-18(5)6)12(20)11-15-13(17-16-11)14(2,3)4/h7-10H2,1-6H3,(H,15,16,17). The van der Waals surface area contributed by atoms with Gasteiger partial charge >= 0.3 is 0 Å². The average molecular weight is 281 g/mol. The van der Waals surface area contributed by atoms with Crippen molar-refractivity contribution < 1.29 is 4.79 Å². The summed E-state index contributed by atoms with van der Waals surface area (Å²) in [5, 5.41) is 6.94. The number of carbonyl (C=O) groups is 1. The van der Waals surface area contributed by atoms with E-state index in [4.69, 9.17) is 0 Å². The molecule has 1 aromatic heterocycles. The molecule has 20 heavy (non-hydrogen) atoms. The fraction of sp³-hybridized carbons (Fsp3) is 0.786. The maximum atomic E-state index is 12.5. The smallest absolute Gasteiger partial charge is 0.293 e. The minimum atomic E-state index is -0.134. The van der Waals surface area contributed by atoms with Gasteiger partial charge in [-0.25, -0.2) is 4.98 Å². The molecule has 1 amide bonds. The van der Waals surface area contributed by atoms with E-state index in [1.165, 1.54) is 0 Å². The van der Waals surface area contributed by atoms with E-state index in [0.29, 0.717) is 6.54 Å². The SMILES string of the molecule is CCCN(CCN(C)C)C(=O)c1n[nH]c(C(C)(C)C)n1. The van der Waals surface area contributed by atoms with Gasteiger partial charge in [-0.15, -0.1) is 5.10 Å². The number of rotatable bonds is 6. The summed E-state index contributed by atoms with van der Waals surface area (Å²) in [6, 6.07) is 0. The Hall–Kier alpha value is -1.43. The summed E-state index contributed by atoms with van der Waals surface area (Å²) in [6.07, 6.45) is 0.926. The highest BCUT2D eigenvalue weighted by atomic mass is 16.2. The fourth-order valence-electron chi connectivity index (χ4n) is 1.74. The van der Waals surface area contributed by atoms with Crippen LogP contribution in [-0.4, -0.2) is 64.6 Å². The Bertz CT molecular complexity index is 433. The summed E-state index contributed by atoms with van der Waals surface area (Å²) in [4.78, 5) is 20.7. The molecule has 0 bridgehead atoms. The predicted octanol–water partition coefficient (Wildman–Crippen LogP) is 1.52. The molecular weight excluding hydrogens is 254 g/mol. The highest BCUT2D eigenvalue weighted by Gasteiger charge is 2.24. The van der Waals surface area contributed by atoms with Crippen molar-refractivity contribution >= 4 is 5.91 Å². The lowest BCUT2D eigenvalue weighted by molar-refractivity contribution is 0.0733. The van der Waals surface area contributed by atoms with Crippen LogP contribution in [0.1, 0.15) is 50.6 Å². The quantitative estimate of drug-likeness (QED) is 0.858. The van der Waals surface area contributed by atoms with Gasteiger partial charge in [0, 0.05) is 25.0 Å². The number of hydrogen-bond donors (Lipinski definition) is 1. The van der Waals surface area contributed by atoms with E-state index in [1.807, 2.05) is 39.8 Å². The molecule has 0 aliphatic heterocycles. The monoisotopic (exact) mass is 281 g/mol. The molecule has 0 spiro atoms. The summed E-state index contributed by atoms with van der Waals surface area (Å²) in [5.41, 5.74) is -0.134. The van der Waals surface area contributed by atoms with Crippen molar-refractivity contribution in [2.24, 2.45) is 0 Å². The molecule has 0 saturated heterocycles. The van der Waals surface area contributed by atoms with Crippen LogP contribution in [0.4, 0.5) is 0 Å². The molecule has 114 valence electrons. The van der Waals surface area contributed by atoms with Crippen molar-refractivity contribution in [1.82, 2.24) is 25.0 Å². The van der Waals surface area contributed by atoms with Gasteiger partial charge in [-0.3, -0.25) is 9.89 Å². The Morgan fingerprint density at radius 1 is 1.20 bits per heavy atom. The molecule has 0 atom stereocenters. The largest absolute Gasteiger partial charge is 0.335 e. The van der Waals surface area contributed by atoms with Gasteiger partial charge in [0.1, 0.15) is 5.82 Å². The molecular formula is C14H27N5O. The minimum absolute atomic E-state index is 0.0968. The number of carbonyl (C=O) groups excluding carboxylic acids is 1. The molecule has 1 heterocycles. The topological polar surface area (TPSA) is 65.1 Å². The fourth-order valence-corrected chi connectivity index (χ4v) is 1.74. The van der Waals surface area contributed by atoms with Crippen molar-refractivity contribution in [2.75, 3.05) is 33.7 Å². The number of nitrogens with zero attached hydrogens (tertiary/aromatic N) is 4. The van der Waals surface area contributed by atoms with Crippen LogP contribution in [0.5, 0.6) is 0 Å². The Labute approximate surface area is 121 Å². The van der Waals surface area contributed by atoms with Gasteiger partial charge in [-0.05, 0) is 20.5 Å². The molecule has 6 nitrogen and oxygen atoms in total. The molecule has 0 saturated carbocycles. The van der Waals surface area contributed by atoms with E-state index in [9.17, 15) is 4.79 Å². The van der Waals surface area contributed by atoms with E-state index in [0.717, 1.165) is 25.3 Å². The molecule has 0 radical (unpaired) electrons. The van der Waals surface area contributed by atoms with Gasteiger partial charge in [-0.2, -0.15) is 0 Å². The van der Waals surface area contributed by atoms with Crippen molar-refractivity contribution in [3.8, 4) is 0 Å². The molecule has 1 rings (SSSR count). The van der Waals surface area contributed by atoms with E-state index >= 15 is 0 Å². The van der Waals surface area contributed by atoms with Crippen molar-refractivity contribution in [2.45, 2.75) is 39.5 Å². The van der Waals surface area contributed by atoms with Gasteiger partial charge < -0.3 is 9.80 Å². The zero-order valence-electron chi connectivity index (χ0n) is 13.5. The third-order valence-corrected chi connectivity index (χ3v) is 2.98. The molecule has 6 heteroatoms. The lowest BCUT2D eigenvalue weighted by atomic mass is 9.96. The van der Waals surface area contributed by atoms with Crippen molar-refractivity contribution in [3.05, 3.63) is 11.6 Å². The van der Waals surface area contributed by atoms with Crippen LogP contribution < -0.4 is 0 Å². The number of amides is 1. The number of aromatic amines is 1. The first kappa shape index (κ1) is 16.6. The van der Waals surface area contributed by atoms with Crippen molar-refractivity contribution in [3.63, 3.8) is 0 Å². The second kappa shape index (κ2) is 6.83. The van der Waals surface area contributed by atoms with Crippen molar-refractivity contribution in [1.29, 1.82) is 0 Å². The highest BCUT2D eigenvalue weighted by molar-refractivity contribution is 5.90. The van der Waals surface area contributed by atoms with Gasteiger partial charge in [0.15, 0.2) is 0 Å². The number of likely N-dealkylation sites (N-methyl/N-ethyl adjacent to an activating group) is 1. The molecule has 1 N–H and O–H groups in total. The molecule has 1 aromatic rings. The van der Waals surface area contributed by atoms with Crippen LogP contribution in [-0.2, 0) is 5.41 Å². The third-order valence-electron chi connectivity index (χ3n) is 2.98. The van der Waals surface area contributed by atoms with E-state index < -0.39 is 0 Å². The molecule has 0 aromatic carbocycles. The second-order valence-electron chi connectivity index (χ2n) is 6.35. The molecule has 0 aliphatic rings. The first-order valence-corrected chi connectivity index (χ1v) is 7.12. The van der Waals surface area contributed by atoms with E-state index in [2.05, 4.69) is 27.0 Å². The number of nitrogens with one attached hydrogen (secondary N) is 1. The highest BCUT2D eigenvalue weighted by Crippen LogP contribution is 2.17. The van der Waals surface area contributed by atoms with Crippen LogP contribution in [0.15, 0.2) is 0 Å². The van der Waals surface area contributed by atoms with E-state index in [1.54, 1.807) is 0 Å². The molecule has 0 aliphatic carbocycles.